The lowest BCUT2D eigenvalue weighted by molar-refractivity contribution is -0.147. The molecule has 2 amide bonds. The number of carbonyl (C=O) groups is 3. The molecule has 0 unspecified atom stereocenters. The minimum Gasteiger partial charge on any atom is -0.456 e. The van der Waals surface area contributed by atoms with Crippen molar-refractivity contribution in [1.82, 2.24) is 20.1 Å². The summed E-state index contributed by atoms with van der Waals surface area (Å²) in [6.45, 7) is 3.68. The number of carbonyl (C=O) groups excluding carboxylic acids is 3. The second kappa shape index (κ2) is 11.2. The maximum atomic E-state index is 12.6. The highest BCUT2D eigenvalue weighted by Gasteiger charge is 2.20. The molecular weight excluding hydrogens is 472 g/mol. The molecule has 0 fully saturated rings. The van der Waals surface area contributed by atoms with Gasteiger partial charge in [0.05, 0.1) is 17.5 Å². The fourth-order valence-corrected chi connectivity index (χ4v) is 3.98. The highest BCUT2D eigenvalue weighted by atomic mass is 16.5. The molecule has 2 aromatic heterocycles. The molecule has 0 aliphatic carbocycles. The molecule has 0 spiro atoms. The quantitative estimate of drug-likeness (QED) is 0.303. The highest BCUT2D eigenvalue weighted by Crippen LogP contribution is 2.27. The molecule has 0 aliphatic rings. The Bertz CT molecular complexity index is 1500. The topological polar surface area (TPSA) is 142 Å². The van der Waals surface area contributed by atoms with E-state index in [4.69, 9.17) is 4.74 Å². The van der Waals surface area contributed by atoms with E-state index in [1.807, 2.05) is 60.9 Å². The summed E-state index contributed by atoms with van der Waals surface area (Å²) < 4.78 is 6.93. The number of aromatic amines is 1. The molecule has 188 valence electrons. The fourth-order valence-electron chi connectivity index (χ4n) is 3.98. The van der Waals surface area contributed by atoms with Crippen molar-refractivity contribution in [1.29, 1.82) is 5.26 Å². The zero-order valence-electron chi connectivity index (χ0n) is 20.5. The van der Waals surface area contributed by atoms with Crippen LogP contribution in [0.15, 0.2) is 54.6 Å². The van der Waals surface area contributed by atoms with Crippen LogP contribution in [0.25, 0.3) is 10.9 Å². The molecule has 0 aliphatic heterocycles. The lowest BCUT2D eigenvalue weighted by Gasteiger charge is -2.13. The van der Waals surface area contributed by atoms with Gasteiger partial charge in [-0.1, -0.05) is 48.5 Å². The van der Waals surface area contributed by atoms with Gasteiger partial charge in [0, 0.05) is 24.2 Å². The van der Waals surface area contributed by atoms with Crippen LogP contribution < -0.4 is 10.6 Å². The van der Waals surface area contributed by atoms with Gasteiger partial charge >= 0.3 is 5.97 Å². The molecule has 0 radical (unpaired) electrons. The summed E-state index contributed by atoms with van der Waals surface area (Å²) in [6.07, 6.45) is -0.118. The molecule has 0 saturated heterocycles. The lowest BCUT2D eigenvalue weighted by atomic mass is 10.2. The minimum absolute atomic E-state index is 0.0252. The molecule has 37 heavy (non-hydrogen) atoms. The van der Waals surface area contributed by atoms with Crippen LogP contribution in [0.5, 0.6) is 0 Å². The van der Waals surface area contributed by atoms with Crippen LogP contribution in [0.4, 0.5) is 5.82 Å². The van der Waals surface area contributed by atoms with E-state index in [1.165, 1.54) is 0 Å². The molecule has 10 heteroatoms. The molecule has 0 saturated carbocycles. The Morgan fingerprint density at radius 2 is 1.81 bits per heavy atom. The van der Waals surface area contributed by atoms with Gasteiger partial charge in [0.25, 0.3) is 11.8 Å². The van der Waals surface area contributed by atoms with E-state index in [0.29, 0.717) is 23.3 Å². The average Bonchev–Trinajstić information content (AvgIpc) is 3.43. The number of fused-ring (bicyclic) bond motifs is 1. The van der Waals surface area contributed by atoms with Gasteiger partial charge in [-0.3, -0.25) is 19.5 Å². The number of hydrogen-bond donors (Lipinski definition) is 3. The van der Waals surface area contributed by atoms with Crippen molar-refractivity contribution in [3.8, 4) is 6.07 Å². The minimum atomic E-state index is -0.644. The molecule has 4 aromatic rings. The van der Waals surface area contributed by atoms with Crippen molar-refractivity contribution in [2.45, 2.75) is 26.8 Å². The van der Waals surface area contributed by atoms with Gasteiger partial charge < -0.3 is 19.9 Å². The van der Waals surface area contributed by atoms with Gasteiger partial charge in [-0.2, -0.15) is 10.4 Å². The van der Waals surface area contributed by atoms with Crippen LogP contribution in [0.1, 0.15) is 39.3 Å². The zero-order chi connectivity index (χ0) is 26.4. The molecule has 2 heterocycles. The molecular formula is C27H26N6O4. The maximum Gasteiger partial charge on any atom is 0.308 e. The number of rotatable bonds is 9. The summed E-state index contributed by atoms with van der Waals surface area (Å²) in [7, 11) is 0. The molecule has 10 nitrogen and oxygen atoms in total. The number of anilines is 1. The average molecular weight is 499 g/mol. The number of aromatic nitrogens is 3. The third-order valence-electron chi connectivity index (χ3n) is 6.05. The Morgan fingerprint density at radius 3 is 2.57 bits per heavy atom. The van der Waals surface area contributed by atoms with Gasteiger partial charge in [-0.25, -0.2) is 0 Å². The number of amides is 2. The molecule has 4 rings (SSSR count). The standard InChI is InChI=1S/C27H26N6O4/c1-17-18(2)33(15-19-8-4-3-5-9-19)26(21(17)14-28)30-23(34)16-37-24(35)12-13-29-27(36)25-20-10-6-7-11-22(20)31-32-25/h3-11H,12-13,15-16H2,1-2H3,(H,29,36)(H,30,34)(H,31,32). The summed E-state index contributed by atoms with van der Waals surface area (Å²) in [5, 5.41) is 22.5. The number of H-pyrrole nitrogens is 1. The molecule has 3 N–H and O–H groups in total. The van der Waals surface area contributed by atoms with Crippen LogP contribution >= 0.6 is 0 Å². The Hall–Kier alpha value is -4.91. The van der Waals surface area contributed by atoms with Gasteiger partial charge in [0.1, 0.15) is 11.9 Å². The van der Waals surface area contributed by atoms with Gasteiger partial charge in [-0.05, 0) is 31.0 Å². The van der Waals surface area contributed by atoms with E-state index in [-0.39, 0.29) is 18.7 Å². The lowest BCUT2D eigenvalue weighted by Crippen LogP contribution is -2.28. The number of hydrogen-bond acceptors (Lipinski definition) is 6. The molecule has 0 bridgehead atoms. The second-order valence-corrected chi connectivity index (χ2v) is 8.45. The SMILES string of the molecule is Cc1c(C#N)c(NC(=O)COC(=O)CCNC(=O)c2n[nH]c3ccccc23)n(Cc2ccccc2)c1C. The Morgan fingerprint density at radius 1 is 1.08 bits per heavy atom. The van der Waals surface area contributed by atoms with E-state index in [1.54, 1.807) is 12.1 Å². The Labute approximate surface area is 213 Å². The predicted molar refractivity (Wildman–Crippen MR) is 137 cm³/mol. The van der Waals surface area contributed by atoms with Crippen LogP contribution in [0, 0.1) is 25.2 Å². The summed E-state index contributed by atoms with van der Waals surface area (Å²) in [5.41, 5.74) is 3.97. The number of nitrogens with one attached hydrogen (secondary N) is 3. The van der Waals surface area contributed by atoms with Gasteiger partial charge in [0.2, 0.25) is 0 Å². The van der Waals surface area contributed by atoms with Crippen molar-refractivity contribution in [2.75, 3.05) is 18.5 Å². The highest BCUT2D eigenvalue weighted by molar-refractivity contribution is 6.04. The van der Waals surface area contributed by atoms with Crippen molar-refractivity contribution < 1.29 is 19.1 Å². The number of esters is 1. The largest absolute Gasteiger partial charge is 0.456 e. The van der Waals surface area contributed by atoms with E-state index in [2.05, 4.69) is 26.9 Å². The first kappa shape index (κ1) is 25.2. The van der Waals surface area contributed by atoms with Crippen LogP contribution in [0.3, 0.4) is 0 Å². The monoisotopic (exact) mass is 498 g/mol. The van der Waals surface area contributed by atoms with E-state index in [9.17, 15) is 19.6 Å². The smallest absolute Gasteiger partial charge is 0.308 e. The zero-order valence-corrected chi connectivity index (χ0v) is 20.5. The Kier molecular flexibility index (Phi) is 7.64. The van der Waals surface area contributed by atoms with Gasteiger partial charge in [-0.15, -0.1) is 0 Å². The van der Waals surface area contributed by atoms with E-state index in [0.717, 1.165) is 22.3 Å². The molecule has 2 aromatic carbocycles. The summed E-state index contributed by atoms with van der Waals surface area (Å²) in [5.74, 6) is -1.27. The summed E-state index contributed by atoms with van der Waals surface area (Å²) in [4.78, 5) is 37.1. The number of nitriles is 1. The number of nitrogens with zero attached hydrogens (tertiary/aromatic N) is 3. The van der Waals surface area contributed by atoms with Crippen molar-refractivity contribution >= 4 is 34.5 Å². The van der Waals surface area contributed by atoms with Crippen molar-refractivity contribution in [3.63, 3.8) is 0 Å². The maximum absolute atomic E-state index is 12.6. The first-order valence-electron chi connectivity index (χ1n) is 11.7. The van der Waals surface area contributed by atoms with Gasteiger partial charge in [0.15, 0.2) is 12.3 Å². The van der Waals surface area contributed by atoms with Crippen molar-refractivity contribution in [3.05, 3.63) is 82.7 Å². The first-order valence-corrected chi connectivity index (χ1v) is 11.7. The normalized spacial score (nSPS) is 10.6. The Balaban J connectivity index is 1.30. The van der Waals surface area contributed by atoms with Crippen LogP contribution in [-0.4, -0.2) is 45.7 Å². The number of ether oxygens (including phenoxy) is 1. The number of benzene rings is 2. The first-order chi connectivity index (χ1) is 17.9. The van der Waals surface area contributed by atoms with Crippen LogP contribution in [-0.2, 0) is 20.9 Å². The predicted octanol–water partition coefficient (Wildman–Crippen LogP) is 3.20. The summed E-state index contributed by atoms with van der Waals surface area (Å²) in [6, 6.07) is 19.0. The molecule has 0 atom stereocenters. The third kappa shape index (κ3) is 5.67. The summed E-state index contributed by atoms with van der Waals surface area (Å²) >= 11 is 0. The number of para-hydroxylation sites is 1. The third-order valence-corrected chi connectivity index (χ3v) is 6.05. The fraction of sp³-hybridized carbons (Fsp3) is 0.222. The van der Waals surface area contributed by atoms with E-state index >= 15 is 0 Å². The van der Waals surface area contributed by atoms with E-state index < -0.39 is 24.4 Å². The van der Waals surface area contributed by atoms with Crippen molar-refractivity contribution in [2.24, 2.45) is 0 Å². The second-order valence-electron chi connectivity index (χ2n) is 8.45. The van der Waals surface area contributed by atoms with Crippen LogP contribution in [0.2, 0.25) is 0 Å².